The van der Waals surface area contributed by atoms with Crippen LogP contribution in [0.4, 0.5) is 5.82 Å². The summed E-state index contributed by atoms with van der Waals surface area (Å²) in [5, 5.41) is 2.15. The van der Waals surface area contributed by atoms with E-state index < -0.39 is 0 Å². The zero-order valence-corrected chi connectivity index (χ0v) is 18.2. The number of hydrogen-bond donors (Lipinski definition) is 1. The van der Waals surface area contributed by atoms with Crippen LogP contribution in [0.2, 0.25) is 0 Å². The molecular weight excluding hydrogens is 364 g/mol. The maximum atomic E-state index is 6.24. The Morgan fingerprint density at radius 2 is 2.04 bits per heavy atom. The van der Waals surface area contributed by atoms with E-state index in [2.05, 4.69) is 56.2 Å². The lowest BCUT2D eigenvalue weighted by Crippen LogP contribution is -2.31. The first-order chi connectivity index (χ1) is 13.4. The van der Waals surface area contributed by atoms with Crippen LogP contribution in [-0.2, 0) is 18.4 Å². The van der Waals surface area contributed by atoms with Crippen LogP contribution in [0.15, 0.2) is 40.4 Å². The SMILES string of the molecule is CC1=CC(C)(c2nc(C)c3c(n2)N(Cc2cccs2)CCCC3)CC(C)=C1N. The summed E-state index contributed by atoms with van der Waals surface area (Å²) in [6, 6.07) is 4.35. The van der Waals surface area contributed by atoms with Gasteiger partial charge in [0.15, 0.2) is 0 Å². The van der Waals surface area contributed by atoms with Gasteiger partial charge in [-0.25, -0.2) is 9.97 Å². The average molecular weight is 395 g/mol. The first kappa shape index (κ1) is 19.2. The Kier molecular flexibility index (Phi) is 5.04. The van der Waals surface area contributed by atoms with E-state index in [4.69, 9.17) is 15.7 Å². The van der Waals surface area contributed by atoms with Crippen molar-refractivity contribution in [2.75, 3.05) is 11.4 Å². The van der Waals surface area contributed by atoms with Crippen molar-refractivity contribution in [3.63, 3.8) is 0 Å². The number of nitrogens with zero attached hydrogens (tertiary/aromatic N) is 3. The summed E-state index contributed by atoms with van der Waals surface area (Å²) >= 11 is 1.82. The molecule has 5 heteroatoms. The summed E-state index contributed by atoms with van der Waals surface area (Å²) in [7, 11) is 0. The molecule has 3 heterocycles. The summed E-state index contributed by atoms with van der Waals surface area (Å²) < 4.78 is 0. The van der Waals surface area contributed by atoms with E-state index in [1.165, 1.54) is 28.9 Å². The molecule has 2 aromatic heterocycles. The maximum absolute atomic E-state index is 6.24. The van der Waals surface area contributed by atoms with Crippen molar-refractivity contribution in [3.05, 3.63) is 62.4 Å². The van der Waals surface area contributed by atoms with Gasteiger partial charge >= 0.3 is 0 Å². The minimum atomic E-state index is -0.211. The van der Waals surface area contributed by atoms with Crippen LogP contribution in [-0.4, -0.2) is 16.5 Å². The van der Waals surface area contributed by atoms with Crippen molar-refractivity contribution in [2.45, 2.75) is 65.3 Å². The highest BCUT2D eigenvalue weighted by atomic mass is 32.1. The molecule has 28 heavy (non-hydrogen) atoms. The predicted octanol–water partition coefficient (Wildman–Crippen LogP) is 5.03. The van der Waals surface area contributed by atoms with Crippen molar-refractivity contribution >= 4 is 17.2 Å². The van der Waals surface area contributed by atoms with Crippen molar-refractivity contribution in [3.8, 4) is 0 Å². The molecule has 2 aliphatic rings. The smallest absolute Gasteiger partial charge is 0.140 e. The highest BCUT2D eigenvalue weighted by molar-refractivity contribution is 7.09. The molecule has 0 aromatic carbocycles. The first-order valence-corrected chi connectivity index (χ1v) is 11.1. The molecule has 1 aliphatic heterocycles. The van der Waals surface area contributed by atoms with Gasteiger partial charge in [0.2, 0.25) is 0 Å². The molecule has 4 rings (SSSR count). The molecule has 148 valence electrons. The summed E-state index contributed by atoms with van der Waals surface area (Å²) in [5.74, 6) is 2.06. The highest BCUT2D eigenvalue weighted by Gasteiger charge is 2.34. The van der Waals surface area contributed by atoms with Crippen LogP contribution in [0, 0.1) is 6.92 Å². The molecule has 2 aromatic rings. The fourth-order valence-electron chi connectivity index (χ4n) is 4.58. The fourth-order valence-corrected chi connectivity index (χ4v) is 5.30. The van der Waals surface area contributed by atoms with Gasteiger partial charge < -0.3 is 10.6 Å². The van der Waals surface area contributed by atoms with Crippen LogP contribution in [0.5, 0.6) is 0 Å². The number of thiophene rings is 1. The number of allylic oxidation sites excluding steroid dienone is 3. The van der Waals surface area contributed by atoms with E-state index in [9.17, 15) is 0 Å². The monoisotopic (exact) mass is 394 g/mol. The number of aryl methyl sites for hydroxylation is 1. The fraction of sp³-hybridized carbons (Fsp3) is 0.478. The van der Waals surface area contributed by atoms with E-state index >= 15 is 0 Å². The Labute approximate surface area is 172 Å². The van der Waals surface area contributed by atoms with Crippen molar-refractivity contribution in [1.29, 1.82) is 0 Å². The average Bonchev–Trinajstić information content (AvgIpc) is 3.07. The van der Waals surface area contributed by atoms with Crippen LogP contribution in [0.3, 0.4) is 0 Å². The van der Waals surface area contributed by atoms with Crippen LogP contribution in [0.25, 0.3) is 0 Å². The van der Waals surface area contributed by atoms with Gasteiger partial charge in [-0.15, -0.1) is 11.3 Å². The van der Waals surface area contributed by atoms with Crippen molar-refractivity contribution < 1.29 is 0 Å². The van der Waals surface area contributed by atoms with Crippen LogP contribution >= 0.6 is 11.3 Å². The number of rotatable bonds is 3. The molecule has 0 bridgehead atoms. The predicted molar refractivity (Wildman–Crippen MR) is 118 cm³/mol. The standard InChI is InChI=1S/C23H30N4S/c1-15-12-23(4,13-16(2)20(15)24)22-25-17(3)19-9-5-6-10-27(21(19)26-22)14-18-8-7-11-28-18/h7-8,11-12H,5-6,9-10,13-14,24H2,1-4H3. The molecule has 1 unspecified atom stereocenters. The number of hydrogen-bond acceptors (Lipinski definition) is 5. The lowest BCUT2D eigenvalue weighted by atomic mass is 9.76. The molecule has 0 saturated carbocycles. The number of anilines is 1. The largest absolute Gasteiger partial charge is 0.399 e. The van der Waals surface area contributed by atoms with Crippen molar-refractivity contribution in [2.24, 2.45) is 5.73 Å². The molecule has 1 aliphatic carbocycles. The van der Waals surface area contributed by atoms with E-state index in [-0.39, 0.29) is 5.41 Å². The van der Waals surface area contributed by atoms with Gasteiger partial charge in [0, 0.05) is 33.8 Å². The topological polar surface area (TPSA) is 55.0 Å². The third-order valence-corrected chi connectivity index (χ3v) is 6.95. The van der Waals surface area contributed by atoms with Gasteiger partial charge in [0.05, 0.1) is 6.54 Å². The lowest BCUT2D eigenvalue weighted by molar-refractivity contribution is 0.528. The van der Waals surface area contributed by atoms with E-state index in [1.807, 2.05) is 11.3 Å². The van der Waals surface area contributed by atoms with Gasteiger partial charge in [0.25, 0.3) is 0 Å². The van der Waals surface area contributed by atoms with Gasteiger partial charge in [-0.3, -0.25) is 0 Å². The Morgan fingerprint density at radius 3 is 2.75 bits per heavy atom. The normalized spacial score (nSPS) is 22.7. The molecule has 1 atom stereocenters. The minimum absolute atomic E-state index is 0.211. The molecule has 0 spiro atoms. The van der Waals surface area contributed by atoms with E-state index in [0.29, 0.717) is 0 Å². The Morgan fingerprint density at radius 1 is 1.21 bits per heavy atom. The van der Waals surface area contributed by atoms with Crippen molar-refractivity contribution in [1.82, 2.24) is 9.97 Å². The quantitative estimate of drug-likeness (QED) is 0.793. The van der Waals surface area contributed by atoms with E-state index in [1.54, 1.807) is 0 Å². The summed E-state index contributed by atoms with van der Waals surface area (Å²) in [6.07, 6.45) is 6.60. The molecule has 2 N–H and O–H groups in total. The molecular formula is C23H30N4S. The molecule has 0 amide bonds. The van der Waals surface area contributed by atoms with Gasteiger partial charge in [-0.2, -0.15) is 0 Å². The third-order valence-electron chi connectivity index (χ3n) is 6.09. The second-order valence-corrected chi connectivity index (χ2v) is 9.54. The number of aromatic nitrogens is 2. The third kappa shape index (κ3) is 3.48. The summed E-state index contributed by atoms with van der Waals surface area (Å²) in [4.78, 5) is 14.1. The molecule has 0 radical (unpaired) electrons. The summed E-state index contributed by atoms with van der Waals surface area (Å²) in [5.41, 5.74) is 11.8. The lowest BCUT2D eigenvalue weighted by Gasteiger charge is -2.33. The Balaban J connectivity index is 1.78. The maximum Gasteiger partial charge on any atom is 0.140 e. The van der Waals surface area contributed by atoms with Gasteiger partial charge in [0.1, 0.15) is 11.6 Å². The number of fused-ring (bicyclic) bond motifs is 1. The Hall–Kier alpha value is -2.14. The Bertz CT molecular complexity index is 942. The minimum Gasteiger partial charge on any atom is -0.399 e. The van der Waals surface area contributed by atoms with Gasteiger partial charge in [-0.05, 0) is 76.0 Å². The molecule has 4 nitrogen and oxygen atoms in total. The van der Waals surface area contributed by atoms with Gasteiger partial charge in [-0.1, -0.05) is 12.1 Å². The second kappa shape index (κ2) is 7.36. The molecule has 0 saturated heterocycles. The van der Waals surface area contributed by atoms with E-state index in [0.717, 1.165) is 54.5 Å². The zero-order valence-electron chi connectivity index (χ0n) is 17.4. The number of nitrogens with two attached hydrogens (primary N) is 1. The second-order valence-electron chi connectivity index (χ2n) is 8.51. The van der Waals surface area contributed by atoms with Crippen LogP contribution < -0.4 is 10.6 Å². The molecule has 0 fully saturated rings. The zero-order chi connectivity index (χ0) is 19.9. The first-order valence-electron chi connectivity index (χ1n) is 10.2. The van der Waals surface area contributed by atoms with Crippen LogP contribution in [0.1, 0.15) is 62.0 Å². The summed E-state index contributed by atoms with van der Waals surface area (Å²) in [6.45, 7) is 10.6. The highest BCUT2D eigenvalue weighted by Crippen LogP contribution is 2.39.